The van der Waals surface area contributed by atoms with Crippen LogP contribution in [0.25, 0.3) is 0 Å². The van der Waals surface area contributed by atoms with E-state index in [2.05, 4.69) is 15.6 Å². The average Bonchev–Trinajstić information content (AvgIpc) is 3.22. The van der Waals surface area contributed by atoms with Gasteiger partial charge in [-0.3, -0.25) is 4.79 Å². The number of aromatic nitrogens is 1. The molecule has 0 aliphatic heterocycles. The van der Waals surface area contributed by atoms with Gasteiger partial charge in [-0.25, -0.2) is 4.98 Å². The highest BCUT2D eigenvalue weighted by molar-refractivity contribution is 7.12. The first kappa shape index (κ1) is 17.8. The van der Waals surface area contributed by atoms with E-state index in [1.54, 1.807) is 32.5 Å². The van der Waals surface area contributed by atoms with Crippen molar-refractivity contribution in [3.05, 3.63) is 64.5 Å². The number of anilines is 2. The fraction of sp³-hybridized carbons (Fsp3) is 0.158. The van der Waals surface area contributed by atoms with Crippen molar-refractivity contribution < 1.29 is 14.3 Å². The zero-order chi connectivity index (χ0) is 18.4. The summed E-state index contributed by atoms with van der Waals surface area (Å²) in [7, 11) is 3.22. The molecule has 0 radical (unpaired) electrons. The summed E-state index contributed by atoms with van der Waals surface area (Å²) in [5.74, 6) is 1.75. The van der Waals surface area contributed by atoms with E-state index in [9.17, 15) is 4.79 Å². The molecule has 0 atom stereocenters. The van der Waals surface area contributed by atoms with E-state index in [0.29, 0.717) is 28.7 Å². The smallest absolute Gasteiger partial charge is 0.266 e. The summed E-state index contributed by atoms with van der Waals surface area (Å²) in [6.07, 6.45) is 1.69. The molecule has 0 saturated carbocycles. The second-order valence-electron chi connectivity index (χ2n) is 5.41. The third-order valence-electron chi connectivity index (χ3n) is 3.69. The summed E-state index contributed by atoms with van der Waals surface area (Å²) in [5, 5.41) is 7.93. The fourth-order valence-electron chi connectivity index (χ4n) is 2.35. The third kappa shape index (κ3) is 4.31. The number of thiophene rings is 1. The van der Waals surface area contributed by atoms with E-state index in [1.807, 2.05) is 35.7 Å². The predicted octanol–water partition coefficient (Wildman–Crippen LogP) is 4.02. The SMILES string of the molecule is COc1ccc(CNc2ccc(NC(=O)c3cccs3)nc2)cc1OC. The summed E-state index contributed by atoms with van der Waals surface area (Å²) in [5.41, 5.74) is 1.91. The average molecular weight is 369 g/mol. The van der Waals surface area contributed by atoms with Crippen LogP contribution >= 0.6 is 11.3 Å². The van der Waals surface area contributed by atoms with Gasteiger partial charge >= 0.3 is 0 Å². The van der Waals surface area contributed by atoms with Crippen molar-refractivity contribution in [1.82, 2.24) is 4.98 Å². The zero-order valence-corrected chi connectivity index (χ0v) is 15.3. The standard InChI is InChI=1S/C19H19N3O3S/c1-24-15-7-5-13(10-16(15)25-2)11-20-14-6-8-18(21-12-14)22-19(23)17-4-3-9-26-17/h3-10,12,20H,11H2,1-2H3,(H,21,22,23). The Hall–Kier alpha value is -3.06. The van der Waals surface area contributed by atoms with E-state index < -0.39 is 0 Å². The Morgan fingerprint density at radius 1 is 1.12 bits per heavy atom. The first-order chi connectivity index (χ1) is 12.7. The van der Waals surface area contributed by atoms with Crippen LogP contribution in [0.5, 0.6) is 11.5 Å². The van der Waals surface area contributed by atoms with Gasteiger partial charge in [0, 0.05) is 6.54 Å². The van der Waals surface area contributed by atoms with Crippen molar-refractivity contribution in [2.75, 3.05) is 24.9 Å². The van der Waals surface area contributed by atoms with E-state index >= 15 is 0 Å². The van der Waals surface area contributed by atoms with Gasteiger partial charge in [-0.1, -0.05) is 12.1 Å². The highest BCUT2D eigenvalue weighted by Crippen LogP contribution is 2.27. The van der Waals surface area contributed by atoms with Crippen LogP contribution in [-0.2, 0) is 6.54 Å². The lowest BCUT2D eigenvalue weighted by Crippen LogP contribution is -2.11. The van der Waals surface area contributed by atoms with Gasteiger partial charge in [0.05, 0.1) is 31.0 Å². The molecule has 0 bridgehead atoms. The van der Waals surface area contributed by atoms with Crippen LogP contribution in [0.1, 0.15) is 15.2 Å². The largest absolute Gasteiger partial charge is 0.493 e. The number of nitrogens with zero attached hydrogens (tertiary/aromatic N) is 1. The molecule has 0 aliphatic rings. The molecule has 1 aromatic carbocycles. The summed E-state index contributed by atoms with van der Waals surface area (Å²) >= 11 is 1.39. The first-order valence-electron chi connectivity index (χ1n) is 7.95. The number of benzene rings is 1. The minimum Gasteiger partial charge on any atom is -0.493 e. The van der Waals surface area contributed by atoms with Crippen LogP contribution < -0.4 is 20.1 Å². The molecule has 0 unspecified atom stereocenters. The van der Waals surface area contributed by atoms with Crippen molar-refractivity contribution in [2.45, 2.75) is 6.54 Å². The third-order valence-corrected chi connectivity index (χ3v) is 4.56. The molecule has 0 aliphatic carbocycles. The fourth-order valence-corrected chi connectivity index (χ4v) is 2.97. The number of hydrogen-bond acceptors (Lipinski definition) is 6. The molecular weight excluding hydrogens is 350 g/mol. The predicted molar refractivity (Wildman–Crippen MR) is 103 cm³/mol. The van der Waals surface area contributed by atoms with E-state index in [-0.39, 0.29) is 5.91 Å². The van der Waals surface area contributed by atoms with Crippen LogP contribution in [0.15, 0.2) is 54.0 Å². The molecule has 0 fully saturated rings. The molecule has 7 heteroatoms. The van der Waals surface area contributed by atoms with Gasteiger partial charge in [-0.2, -0.15) is 0 Å². The van der Waals surface area contributed by atoms with Crippen molar-refractivity contribution in [3.63, 3.8) is 0 Å². The van der Waals surface area contributed by atoms with E-state index in [4.69, 9.17) is 9.47 Å². The number of hydrogen-bond donors (Lipinski definition) is 2. The van der Waals surface area contributed by atoms with Gasteiger partial charge < -0.3 is 20.1 Å². The number of nitrogens with one attached hydrogen (secondary N) is 2. The number of carbonyl (C=O) groups is 1. The Morgan fingerprint density at radius 2 is 1.96 bits per heavy atom. The summed E-state index contributed by atoms with van der Waals surface area (Å²) in [4.78, 5) is 16.9. The van der Waals surface area contributed by atoms with Crippen molar-refractivity contribution >= 4 is 28.7 Å². The lowest BCUT2D eigenvalue weighted by Gasteiger charge is -2.11. The number of carbonyl (C=O) groups excluding carboxylic acids is 1. The Kier molecular flexibility index (Phi) is 5.70. The molecule has 0 spiro atoms. The summed E-state index contributed by atoms with van der Waals surface area (Å²) in [6.45, 7) is 0.614. The quantitative estimate of drug-likeness (QED) is 0.658. The first-order valence-corrected chi connectivity index (χ1v) is 8.83. The van der Waals surface area contributed by atoms with Crippen LogP contribution in [0, 0.1) is 0 Å². The lowest BCUT2D eigenvalue weighted by molar-refractivity contribution is 0.103. The maximum Gasteiger partial charge on any atom is 0.266 e. The topological polar surface area (TPSA) is 72.5 Å². The number of pyridine rings is 1. The van der Waals surface area contributed by atoms with Gasteiger partial charge in [0.15, 0.2) is 11.5 Å². The van der Waals surface area contributed by atoms with Crippen molar-refractivity contribution in [2.24, 2.45) is 0 Å². The molecule has 1 amide bonds. The minimum absolute atomic E-state index is 0.154. The number of amides is 1. The van der Waals surface area contributed by atoms with Crippen molar-refractivity contribution in [3.8, 4) is 11.5 Å². The minimum atomic E-state index is -0.154. The van der Waals surface area contributed by atoms with Gasteiger partial charge in [0.1, 0.15) is 5.82 Å². The number of rotatable bonds is 7. The molecule has 0 saturated heterocycles. The lowest BCUT2D eigenvalue weighted by atomic mass is 10.2. The zero-order valence-electron chi connectivity index (χ0n) is 14.5. The van der Waals surface area contributed by atoms with Gasteiger partial charge in [0.2, 0.25) is 0 Å². The van der Waals surface area contributed by atoms with Crippen LogP contribution in [0.4, 0.5) is 11.5 Å². The summed E-state index contributed by atoms with van der Waals surface area (Å²) in [6, 6.07) is 13.0. The van der Waals surface area contributed by atoms with Gasteiger partial charge in [-0.05, 0) is 41.3 Å². The van der Waals surface area contributed by atoms with Crippen LogP contribution in [0.2, 0.25) is 0 Å². The van der Waals surface area contributed by atoms with E-state index in [1.165, 1.54) is 11.3 Å². The van der Waals surface area contributed by atoms with Crippen LogP contribution in [-0.4, -0.2) is 25.1 Å². The summed E-state index contributed by atoms with van der Waals surface area (Å²) < 4.78 is 10.5. The number of methoxy groups -OCH3 is 2. The molecule has 2 N–H and O–H groups in total. The number of ether oxygens (including phenoxy) is 2. The maximum absolute atomic E-state index is 12.0. The molecule has 6 nitrogen and oxygen atoms in total. The Balaban J connectivity index is 1.58. The normalized spacial score (nSPS) is 10.2. The second-order valence-corrected chi connectivity index (χ2v) is 6.35. The Labute approximate surface area is 155 Å². The van der Waals surface area contributed by atoms with Gasteiger partial charge in [-0.15, -0.1) is 11.3 Å². The van der Waals surface area contributed by atoms with E-state index in [0.717, 1.165) is 11.3 Å². The van der Waals surface area contributed by atoms with Gasteiger partial charge in [0.25, 0.3) is 5.91 Å². The highest BCUT2D eigenvalue weighted by atomic mass is 32.1. The molecular formula is C19H19N3O3S. The monoisotopic (exact) mass is 369 g/mol. The molecule has 26 heavy (non-hydrogen) atoms. The second kappa shape index (κ2) is 8.35. The molecule has 134 valence electrons. The highest BCUT2D eigenvalue weighted by Gasteiger charge is 2.08. The van der Waals surface area contributed by atoms with Crippen LogP contribution in [0.3, 0.4) is 0 Å². The molecule has 3 aromatic rings. The maximum atomic E-state index is 12.0. The molecule has 2 heterocycles. The van der Waals surface area contributed by atoms with Crippen molar-refractivity contribution in [1.29, 1.82) is 0 Å². The molecule has 2 aromatic heterocycles. The Bertz CT molecular complexity index is 864. The molecule has 3 rings (SSSR count). The Morgan fingerprint density at radius 3 is 2.62 bits per heavy atom.